The van der Waals surface area contributed by atoms with Crippen LogP contribution < -0.4 is 4.74 Å². The first-order valence-corrected chi connectivity index (χ1v) is 7.88. The Balaban J connectivity index is 1.65. The molecule has 0 atom stereocenters. The van der Waals surface area contributed by atoms with Crippen molar-refractivity contribution in [3.05, 3.63) is 95.6 Å². The van der Waals surface area contributed by atoms with Gasteiger partial charge in [-0.05, 0) is 17.6 Å². The van der Waals surface area contributed by atoms with E-state index in [-0.39, 0.29) is 18.1 Å². The quantitative estimate of drug-likeness (QED) is 0.707. The first-order valence-electron chi connectivity index (χ1n) is 7.88. The van der Waals surface area contributed by atoms with E-state index < -0.39 is 11.6 Å². The molecule has 0 N–H and O–H groups in total. The molecule has 126 valence electrons. The Hall–Kier alpha value is -3.01. The second-order valence-electron chi connectivity index (χ2n) is 5.58. The molecule has 25 heavy (non-hydrogen) atoms. The third kappa shape index (κ3) is 4.51. The topological polar surface area (TPSA) is 26.3 Å². The van der Waals surface area contributed by atoms with Crippen molar-refractivity contribution in [2.45, 2.75) is 6.42 Å². The minimum Gasteiger partial charge on any atom is -0.485 e. The number of allylic oxidation sites excluding steroid dienone is 6. The maximum Gasteiger partial charge on any atom is 0.200 e. The lowest BCUT2D eigenvalue weighted by atomic mass is 10.0. The van der Waals surface area contributed by atoms with Crippen LogP contribution in [0.15, 0.2) is 72.8 Å². The van der Waals surface area contributed by atoms with Crippen molar-refractivity contribution < 1.29 is 18.3 Å². The van der Waals surface area contributed by atoms with E-state index in [2.05, 4.69) is 12.2 Å². The zero-order valence-corrected chi connectivity index (χ0v) is 13.4. The third-order valence-corrected chi connectivity index (χ3v) is 3.74. The average Bonchev–Trinajstić information content (AvgIpc) is 2.88. The van der Waals surface area contributed by atoms with Gasteiger partial charge in [0.25, 0.3) is 0 Å². The van der Waals surface area contributed by atoms with E-state index in [1.54, 1.807) is 12.1 Å². The molecular weight excluding hydrogens is 322 g/mol. The van der Waals surface area contributed by atoms with Gasteiger partial charge in [-0.25, -0.2) is 8.78 Å². The molecule has 0 aromatic heterocycles. The van der Waals surface area contributed by atoms with Crippen LogP contribution in [-0.4, -0.2) is 12.4 Å². The summed E-state index contributed by atoms with van der Waals surface area (Å²) in [5.41, 5.74) is 2.59. The molecule has 0 aliphatic heterocycles. The number of Topliss-reactive ketones (excluding diaryl/α,β-unsaturated/α-hetero) is 1. The number of rotatable bonds is 5. The van der Waals surface area contributed by atoms with Crippen molar-refractivity contribution in [1.29, 1.82) is 0 Å². The molecule has 0 unspecified atom stereocenters. The number of ketones is 1. The molecule has 3 rings (SSSR count). The number of hydrogen-bond donors (Lipinski definition) is 0. The van der Waals surface area contributed by atoms with Crippen molar-refractivity contribution in [1.82, 2.24) is 0 Å². The minimum absolute atomic E-state index is 0.0104. The van der Waals surface area contributed by atoms with Gasteiger partial charge >= 0.3 is 0 Å². The van der Waals surface area contributed by atoms with Gasteiger partial charge in [-0.15, -0.1) is 0 Å². The Morgan fingerprint density at radius 1 is 1.00 bits per heavy atom. The van der Waals surface area contributed by atoms with Crippen LogP contribution in [0.4, 0.5) is 8.78 Å². The predicted molar refractivity (Wildman–Crippen MR) is 93.5 cm³/mol. The summed E-state index contributed by atoms with van der Waals surface area (Å²) in [6.45, 7) is -0.283. The highest BCUT2D eigenvalue weighted by molar-refractivity contribution is 5.97. The molecule has 0 saturated carbocycles. The third-order valence-electron chi connectivity index (χ3n) is 3.74. The van der Waals surface area contributed by atoms with Gasteiger partial charge in [0.05, 0.1) is 0 Å². The number of halogens is 2. The highest BCUT2D eigenvalue weighted by Gasteiger charge is 2.09. The number of ether oxygens (including phenoxy) is 1. The van der Waals surface area contributed by atoms with Gasteiger partial charge in [-0.2, -0.15) is 0 Å². The number of hydrogen-bond acceptors (Lipinski definition) is 2. The number of carbonyl (C=O) groups is 1. The molecule has 0 amide bonds. The second kappa shape index (κ2) is 7.71. The Labute approximate surface area is 144 Å². The molecule has 1 aliphatic carbocycles. The van der Waals surface area contributed by atoms with E-state index in [0.717, 1.165) is 35.8 Å². The zero-order chi connectivity index (χ0) is 17.6. The second-order valence-corrected chi connectivity index (χ2v) is 5.58. The largest absolute Gasteiger partial charge is 0.485 e. The number of benzene rings is 2. The summed E-state index contributed by atoms with van der Waals surface area (Å²) in [6.07, 6.45) is 11.0. The van der Waals surface area contributed by atoms with Gasteiger partial charge in [0.2, 0.25) is 0 Å². The summed E-state index contributed by atoms with van der Waals surface area (Å²) in [7, 11) is 0. The normalized spacial score (nSPS) is 13.3. The molecule has 0 bridgehead atoms. The van der Waals surface area contributed by atoms with Crippen molar-refractivity contribution in [3.8, 4) is 5.75 Å². The van der Waals surface area contributed by atoms with Gasteiger partial charge < -0.3 is 4.74 Å². The van der Waals surface area contributed by atoms with Crippen LogP contribution in [0.5, 0.6) is 5.75 Å². The van der Waals surface area contributed by atoms with Crippen molar-refractivity contribution in [2.75, 3.05) is 6.61 Å². The van der Waals surface area contributed by atoms with Gasteiger partial charge in [0, 0.05) is 23.8 Å². The summed E-state index contributed by atoms with van der Waals surface area (Å²) in [5.74, 6) is -1.76. The zero-order valence-electron chi connectivity index (χ0n) is 13.4. The molecule has 0 saturated heterocycles. The molecule has 0 spiro atoms. The summed E-state index contributed by atoms with van der Waals surface area (Å²) in [4.78, 5) is 12.2. The molecule has 2 nitrogen and oxygen atoms in total. The molecule has 2 aromatic carbocycles. The van der Waals surface area contributed by atoms with E-state index in [0.29, 0.717) is 5.56 Å². The molecule has 1 aliphatic rings. The van der Waals surface area contributed by atoms with Crippen molar-refractivity contribution in [2.24, 2.45) is 0 Å². The smallest absolute Gasteiger partial charge is 0.200 e. The average molecular weight is 338 g/mol. The van der Waals surface area contributed by atoms with E-state index in [9.17, 15) is 13.6 Å². The van der Waals surface area contributed by atoms with Crippen LogP contribution in [-0.2, 0) is 0 Å². The highest BCUT2D eigenvalue weighted by atomic mass is 19.1. The van der Waals surface area contributed by atoms with Crippen LogP contribution in [0, 0.1) is 11.6 Å². The van der Waals surface area contributed by atoms with Crippen molar-refractivity contribution in [3.63, 3.8) is 0 Å². The molecule has 4 heteroatoms. The SMILES string of the molecule is O=C(COc1cc(F)cc(F)c1)c1ccc(C2=CCC=CC=C2)cc1. The van der Waals surface area contributed by atoms with Gasteiger partial charge in [-0.1, -0.05) is 54.6 Å². The number of carbonyl (C=O) groups excluding carboxylic acids is 1. The lowest BCUT2D eigenvalue weighted by molar-refractivity contribution is 0.0921. The maximum atomic E-state index is 13.1. The summed E-state index contributed by atoms with van der Waals surface area (Å²) in [5, 5.41) is 0. The van der Waals surface area contributed by atoms with Crippen LogP contribution in [0.3, 0.4) is 0 Å². The van der Waals surface area contributed by atoms with Crippen molar-refractivity contribution >= 4 is 11.4 Å². The van der Waals surface area contributed by atoms with Gasteiger partial charge in [0.1, 0.15) is 17.4 Å². The first kappa shape index (κ1) is 16.8. The lowest BCUT2D eigenvalue weighted by Gasteiger charge is -2.07. The first-order chi connectivity index (χ1) is 12.1. The van der Waals surface area contributed by atoms with Crippen LogP contribution in [0.25, 0.3) is 5.57 Å². The minimum atomic E-state index is -0.744. The summed E-state index contributed by atoms with van der Waals surface area (Å²) < 4.78 is 31.4. The monoisotopic (exact) mass is 338 g/mol. The Kier molecular flexibility index (Phi) is 5.19. The molecule has 0 fully saturated rings. The summed E-state index contributed by atoms with van der Waals surface area (Å²) in [6, 6.07) is 10.0. The molecule has 2 aromatic rings. The Bertz CT molecular complexity index is 842. The van der Waals surface area contributed by atoms with E-state index in [1.165, 1.54) is 0 Å². The fraction of sp³-hybridized carbons (Fsp3) is 0.0952. The highest BCUT2D eigenvalue weighted by Crippen LogP contribution is 2.20. The molecule has 0 heterocycles. The Morgan fingerprint density at radius 3 is 2.44 bits per heavy atom. The lowest BCUT2D eigenvalue weighted by Crippen LogP contribution is -2.11. The predicted octanol–water partition coefficient (Wildman–Crippen LogP) is 5.13. The van der Waals surface area contributed by atoms with E-state index in [1.807, 2.05) is 30.4 Å². The fourth-order valence-corrected chi connectivity index (χ4v) is 2.49. The Morgan fingerprint density at radius 2 is 1.72 bits per heavy atom. The van der Waals surface area contributed by atoms with Gasteiger partial charge in [-0.3, -0.25) is 4.79 Å². The molecular formula is C21H16F2O2. The standard InChI is InChI=1S/C21H16F2O2/c22-18-11-19(23)13-20(12-18)25-14-21(24)17-9-7-16(8-10-17)15-5-3-1-2-4-6-15/h1-3,5-13H,4,14H2. The maximum absolute atomic E-state index is 13.1. The van der Waals surface area contributed by atoms with Crippen LogP contribution in [0.1, 0.15) is 22.3 Å². The molecule has 0 radical (unpaired) electrons. The fourth-order valence-electron chi connectivity index (χ4n) is 2.49. The van der Waals surface area contributed by atoms with Crippen LogP contribution >= 0.6 is 0 Å². The van der Waals surface area contributed by atoms with E-state index >= 15 is 0 Å². The summed E-state index contributed by atoms with van der Waals surface area (Å²) >= 11 is 0. The van der Waals surface area contributed by atoms with Gasteiger partial charge in [0.15, 0.2) is 12.4 Å². The van der Waals surface area contributed by atoms with E-state index in [4.69, 9.17) is 4.74 Å². The van der Waals surface area contributed by atoms with Crippen LogP contribution in [0.2, 0.25) is 0 Å².